The van der Waals surface area contributed by atoms with Gasteiger partial charge in [0.2, 0.25) is 0 Å². The van der Waals surface area contributed by atoms with Crippen molar-refractivity contribution >= 4 is 10.9 Å². The lowest BCUT2D eigenvalue weighted by molar-refractivity contribution is 0.420. The van der Waals surface area contributed by atoms with Crippen LogP contribution in [0.15, 0.2) is 55.0 Å². The molecule has 0 amide bonds. The van der Waals surface area contributed by atoms with E-state index in [-0.39, 0.29) is 0 Å². The third-order valence-corrected chi connectivity index (χ3v) is 2.94. The first-order valence-electron chi connectivity index (χ1n) is 5.72. The van der Waals surface area contributed by atoms with Crippen LogP contribution < -0.4 is 4.74 Å². The highest BCUT2D eigenvalue weighted by Gasteiger charge is 2.08. The Labute approximate surface area is 105 Å². The Morgan fingerprint density at radius 2 is 1.78 bits per heavy atom. The van der Waals surface area contributed by atoms with E-state index in [9.17, 15) is 0 Å². The molecule has 0 fully saturated rings. The van der Waals surface area contributed by atoms with Gasteiger partial charge in [0.1, 0.15) is 5.75 Å². The minimum absolute atomic E-state index is 0.843. The van der Waals surface area contributed by atoms with Crippen molar-refractivity contribution in [1.29, 1.82) is 0 Å². The molecule has 3 heteroatoms. The van der Waals surface area contributed by atoms with Gasteiger partial charge >= 0.3 is 0 Å². The number of ether oxygens (including phenoxy) is 1. The number of nitrogens with zero attached hydrogens (tertiary/aromatic N) is 2. The number of methoxy groups -OCH3 is 1. The number of fused-ring (bicyclic) bond motifs is 1. The van der Waals surface area contributed by atoms with Crippen LogP contribution in [-0.2, 0) is 0 Å². The largest absolute Gasteiger partial charge is 0.496 e. The molecule has 3 nitrogen and oxygen atoms in total. The van der Waals surface area contributed by atoms with Gasteiger partial charge in [-0.05, 0) is 42.0 Å². The van der Waals surface area contributed by atoms with Crippen molar-refractivity contribution in [3.63, 3.8) is 0 Å². The summed E-state index contributed by atoms with van der Waals surface area (Å²) in [6.45, 7) is 0. The Bertz CT molecular complexity index is 680. The summed E-state index contributed by atoms with van der Waals surface area (Å²) in [4.78, 5) is 8.51. The van der Waals surface area contributed by atoms with E-state index >= 15 is 0 Å². The third-order valence-electron chi connectivity index (χ3n) is 2.94. The average Bonchev–Trinajstić information content (AvgIpc) is 2.47. The number of benzene rings is 1. The molecule has 0 spiro atoms. The number of hydrogen-bond acceptors (Lipinski definition) is 3. The van der Waals surface area contributed by atoms with Crippen LogP contribution in [0.4, 0.5) is 0 Å². The maximum Gasteiger partial charge on any atom is 0.128 e. The van der Waals surface area contributed by atoms with Gasteiger partial charge in [-0.3, -0.25) is 9.97 Å². The van der Waals surface area contributed by atoms with Crippen LogP contribution in [0.5, 0.6) is 5.75 Å². The summed E-state index contributed by atoms with van der Waals surface area (Å²) in [5.41, 5.74) is 3.15. The van der Waals surface area contributed by atoms with Crippen molar-refractivity contribution in [2.24, 2.45) is 0 Å². The van der Waals surface area contributed by atoms with Crippen LogP contribution in [0.3, 0.4) is 0 Å². The van der Waals surface area contributed by atoms with E-state index < -0.39 is 0 Å². The first kappa shape index (κ1) is 10.7. The minimum atomic E-state index is 0.843. The van der Waals surface area contributed by atoms with E-state index in [0.29, 0.717) is 0 Å². The average molecular weight is 236 g/mol. The molecular formula is C15H12N2O. The van der Waals surface area contributed by atoms with Crippen LogP contribution in [0, 0.1) is 0 Å². The van der Waals surface area contributed by atoms with Gasteiger partial charge in [0.25, 0.3) is 0 Å². The second kappa shape index (κ2) is 4.45. The molecule has 0 aliphatic rings. The van der Waals surface area contributed by atoms with Gasteiger partial charge in [-0.1, -0.05) is 0 Å². The summed E-state index contributed by atoms with van der Waals surface area (Å²) in [6.07, 6.45) is 5.37. The van der Waals surface area contributed by atoms with Crippen LogP contribution in [0.1, 0.15) is 0 Å². The van der Waals surface area contributed by atoms with Gasteiger partial charge in [0, 0.05) is 29.5 Å². The second-order valence-electron chi connectivity index (χ2n) is 3.95. The maximum atomic E-state index is 5.37. The summed E-state index contributed by atoms with van der Waals surface area (Å²) >= 11 is 0. The summed E-state index contributed by atoms with van der Waals surface area (Å²) < 4.78 is 5.37. The van der Waals surface area contributed by atoms with Gasteiger partial charge in [-0.2, -0.15) is 0 Å². The predicted octanol–water partition coefficient (Wildman–Crippen LogP) is 3.31. The zero-order chi connectivity index (χ0) is 12.4. The molecule has 0 bridgehead atoms. The van der Waals surface area contributed by atoms with Crippen LogP contribution in [0.2, 0.25) is 0 Å². The molecular weight excluding hydrogens is 224 g/mol. The fraction of sp³-hybridized carbons (Fsp3) is 0.0667. The van der Waals surface area contributed by atoms with E-state index in [1.54, 1.807) is 25.7 Å². The topological polar surface area (TPSA) is 35.0 Å². The van der Waals surface area contributed by atoms with Crippen molar-refractivity contribution in [3.05, 3.63) is 55.0 Å². The number of pyridine rings is 2. The second-order valence-corrected chi connectivity index (χ2v) is 3.95. The standard InChI is InChI=1S/C15H12N2O/c1-18-14-5-4-12(11-6-9-16-10-7-11)15-13(14)3-2-8-17-15/h2-10H,1H3. The monoisotopic (exact) mass is 236 g/mol. The highest BCUT2D eigenvalue weighted by atomic mass is 16.5. The molecule has 3 rings (SSSR count). The molecule has 0 N–H and O–H groups in total. The van der Waals surface area contributed by atoms with Crippen LogP contribution in [0.25, 0.3) is 22.0 Å². The molecule has 0 atom stereocenters. The Hall–Kier alpha value is -2.42. The smallest absolute Gasteiger partial charge is 0.128 e. The third kappa shape index (κ3) is 1.70. The Balaban J connectivity index is 2.32. The van der Waals surface area contributed by atoms with E-state index in [0.717, 1.165) is 27.8 Å². The lowest BCUT2D eigenvalue weighted by atomic mass is 10.0. The molecule has 18 heavy (non-hydrogen) atoms. The van der Waals surface area contributed by atoms with E-state index in [1.165, 1.54) is 0 Å². The van der Waals surface area contributed by atoms with Crippen molar-refractivity contribution in [2.75, 3.05) is 7.11 Å². The molecule has 88 valence electrons. The highest BCUT2D eigenvalue weighted by Crippen LogP contribution is 2.32. The zero-order valence-corrected chi connectivity index (χ0v) is 10.00. The van der Waals surface area contributed by atoms with Crippen LogP contribution in [-0.4, -0.2) is 17.1 Å². The highest BCUT2D eigenvalue weighted by molar-refractivity contribution is 5.97. The molecule has 2 heterocycles. The number of aromatic nitrogens is 2. The van der Waals surface area contributed by atoms with Gasteiger partial charge in [-0.25, -0.2) is 0 Å². The Kier molecular flexibility index (Phi) is 2.65. The molecule has 2 aromatic heterocycles. The molecule has 3 aromatic rings. The number of rotatable bonds is 2. The van der Waals surface area contributed by atoms with Crippen molar-refractivity contribution in [2.45, 2.75) is 0 Å². The van der Waals surface area contributed by atoms with Gasteiger partial charge in [0.15, 0.2) is 0 Å². The van der Waals surface area contributed by atoms with E-state index in [4.69, 9.17) is 4.74 Å². The van der Waals surface area contributed by atoms with Crippen molar-refractivity contribution in [1.82, 2.24) is 9.97 Å². The molecule has 0 saturated heterocycles. The Morgan fingerprint density at radius 3 is 2.56 bits per heavy atom. The SMILES string of the molecule is COc1ccc(-c2ccncc2)c2ncccc12. The summed E-state index contributed by atoms with van der Waals surface area (Å²) in [6, 6.07) is 11.9. The number of hydrogen-bond donors (Lipinski definition) is 0. The lowest BCUT2D eigenvalue weighted by Crippen LogP contribution is -1.89. The molecule has 0 aliphatic carbocycles. The first-order chi connectivity index (χ1) is 8.90. The van der Waals surface area contributed by atoms with Crippen LogP contribution >= 0.6 is 0 Å². The molecule has 0 saturated carbocycles. The van der Waals surface area contributed by atoms with E-state index in [1.807, 2.05) is 36.4 Å². The summed E-state index contributed by atoms with van der Waals surface area (Å²) in [5, 5.41) is 1.02. The van der Waals surface area contributed by atoms with Gasteiger partial charge < -0.3 is 4.74 Å². The molecule has 1 aromatic carbocycles. The Morgan fingerprint density at radius 1 is 0.944 bits per heavy atom. The lowest BCUT2D eigenvalue weighted by Gasteiger charge is -2.09. The molecule has 0 unspecified atom stereocenters. The fourth-order valence-electron chi connectivity index (χ4n) is 2.09. The first-order valence-corrected chi connectivity index (χ1v) is 5.72. The normalized spacial score (nSPS) is 10.5. The molecule has 0 radical (unpaired) electrons. The van der Waals surface area contributed by atoms with Gasteiger partial charge in [-0.15, -0.1) is 0 Å². The van der Waals surface area contributed by atoms with Gasteiger partial charge in [0.05, 0.1) is 12.6 Å². The zero-order valence-electron chi connectivity index (χ0n) is 10.00. The maximum absolute atomic E-state index is 5.37. The quantitative estimate of drug-likeness (QED) is 0.684. The van der Waals surface area contributed by atoms with Crippen molar-refractivity contribution in [3.8, 4) is 16.9 Å². The summed E-state index contributed by atoms with van der Waals surface area (Å²) in [5.74, 6) is 0.843. The molecule has 0 aliphatic heterocycles. The van der Waals surface area contributed by atoms with E-state index in [2.05, 4.69) is 9.97 Å². The fourth-order valence-corrected chi connectivity index (χ4v) is 2.09. The van der Waals surface area contributed by atoms with Crippen molar-refractivity contribution < 1.29 is 4.74 Å². The summed E-state index contributed by atoms with van der Waals surface area (Å²) in [7, 11) is 1.67. The minimum Gasteiger partial charge on any atom is -0.496 e. The predicted molar refractivity (Wildman–Crippen MR) is 71.5 cm³/mol.